The number of benzene rings is 1. The lowest BCUT2D eigenvalue weighted by atomic mass is 10.2. The van der Waals surface area contributed by atoms with Crippen LogP contribution >= 0.6 is 34.7 Å². The van der Waals surface area contributed by atoms with Crippen LogP contribution in [0.4, 0.5) is 5.69 Å². The maximum Gasteiger partial charge on any atom is 0.218 e. The van der Waals surface area contributed by atoms with Gasteiger partial charge < -0.3 is 9.64 Å². The molecule has 0 aliphatic heterocycles. The normalized spacial score (nSPS) is 15.1. The van der Waals surface area contributed by atoms with Crippen molar-refractivity contribution in [2.75, 3.05) is 13.6 Å². The van der Waals surface area contributed by atoms with Crippen LogP contribution in [0.15, 0.2) is 17.1 Å². The Hall–Kier alpha value is -1.81. The molecule has 2 aromatic rings. The van der Waals surface area contributed by atoms with Gasteiger partial charge in [-0.15, -0.1) is 11.6 Å². The predicted molar refractivity (Wildman–Crippen MR) is 106 cm³/mol. The van der Waals surface area contributed by atoms with Crippen LogP contribution in [0.1, 0.15) is 36.6 Å². The zero-order chi connectivity index (χ0) is 18.9. The van der Waals surface area contributed by atoms with Gasteiger partial charge in [0.2, 0.25) is 5.06 Å². The topological polar surface area (TPSA) is 61.5 Å². The highest BCUT2D eigenvalue weighted by Gasteiger charge is 2.47. The van der Waals surface area contributed by atoms with E-state index in [2.05, 4.69) is 15.4 Å². The van der Waals surface area contributed by atoms with Gasteiger partial charge >= 0.3 is 0 Å². The number of alkyl halides is 1. The van der Waals surface area contributed by atoms with E-state index < -0.39 is 4.87 Å². The number of aryl methyl sites for hydroxylation is 1. The number of nitrogens with zero attached hydrogens (tertiary/aromatic N) is 4. The predicted octanol–water partition coefficient (Wildman–Crippen LogP) is 5.61. The van der Waals surface area contributed by atoms with Gasteiger partial charge in [-0.3, -0.25) is 0 Å². The molecule has 0 bridgehead atoms. The molecule has 1 aliphatic rings. The number of hydrogen-bond donors (Lipinski definition) is 0. The Bertz CT molecular complexity index is 899. The first-order chi connectivity index (χ1) is 12.4. The van der Waals surface area contributed by atoms with Gasteiger partial charge in [-0.2, -0.15) is 9.64 Å². The van der Waals surface area contributed by atoms with Crippen molar-refractivity contribution in [1.29, 1.82) is 5.26 Å². The first-order valence-corrected chi connectivity index (χ1v) is 9.72. The number of nitriles is 1. The van der Waals surface area contributed by atoms with E-state index in [1.165, 1.54) is 0 Å². The first-order valence-electron chi connectivity index (χ1n) is 8.19. The summed E-state index contributed by atoms with van der Waals surface area (Å²) < 4.78 is 10.3. The van der Waals surface area contributed by atoms with Gasteiger partial charge in [0.1, 0.15) is 17.4 Å². The van der Waals surface area contributed by atoms with Crippen LogP contribution < -0.4 is 4.74 Å². The SMILES string of the molecule is CCN(C)C=Nc1cc(C)c(Oc2snc(C3(Cl)CC3)c2C#N)cc1Cl. The number of ether oxygens (including phenoxy) is 1. The van der Waals surface area contributed by atoms with E-state index in [0.717, 1.165) is 36.5 Å². The highest BCUT2D eigenvalue weighted by molar-refractivity contribution is 7.08. The minimum absolute atomic E-state index is 0.407. The molecule has 0 amide bonds. The third-order valence-corrected chi connectivity index (χ3v) is 5.81. The molecule has 1 heterocycles. The van der Waals surface area contributed by atoms with E-state index in [1.807, 2.05) is 31.9 Å². The van der Waals surface area contributed by atoms with Crippen LogP contribution in [0.3, 0.4) is 0 Å². The molecule has 0 N–H and O–H groups in total. The van der Waals surface area contributed by atoms with Crippen molar-refractivity contribution in [2.24, 2.45) is 4.99 Å². The molecule has 1 fully saturated rings. The van der Waals surface area contributed by atoms with Crippen molar-refractivity contribution < 1.29 is 4.74 Å². The fourth-order valence-corrected chi connectivity index (χ4v) is 3.58. The van der Waals surface area contributed by atoms with Crippen molar-refractivity contribution in [2.45, 2.75) is 31.6 Å². The Morgan fingerprint density at radius 3 is 2.85 bits per heavy atom. The van der Waals surface area contributed by atoms with Gasteiger partial charge in [0.15, 0.2) is 0 Å². The molecule has 26 heavy (non-hydrogen) atoms. The summed E-state index contributed by atoms with van der Waals surface area (Å²) >= 11 is 13.9. The second-order valence-electron chi connectivity index (χ2n) is 6.26. The van der Waals surface area contributed by atoms with Crippen molar-refractivity contribution in [1.82, 2.24) is 9.27 Å². The third-order valence-electron chi connectivity index (χ3n) is 4.23. The summed E-state index contributed by atoms with van der Waals surface area (Å²) in [6, 6.07) is 5.74. The maximum atomic E-state index is 9.50. The van der Waals surface area contributed by atoms with Crippen LogP contribution in [0.2, 0.25) is 5.02 Å². The van der Waals surface area contributed by atoms with Crippen LogP contribution in [0.25, 0.3) is 0 Å². The van der Waals surface area contributed by atoms with Crippen molar-refractivity contribution >= 4 is 46.8 Å². The average molecular weight is 409 g/mol. The molecule has 0 saturated heterocycles. The highest BCUT2D eigenvalue weighted by atomic mass is 35.5. The quantitative estimate of drug-likeness (QED) is 0.354. The largest absolute Gasteiger partial charge is 0.443 e. The average Bonchev–Trinajstić information content (AvgIpc) is 3.23. The summed E-state index contributed by atoms with van der Waals surface area (Å²) in [5, 5.41) is 10.4. The van der Waals surface area contributed by atoms with E-state index in [0.29, 0.717) is 32.8 Å². The van der Waals surface area contributed by atoms with Crippen molar-refractivity contribution in [3.8, 4) is 16.9 Å². The van der Waals surface area contributed by atoms with Gasteiger partial charge in [-0.05, 0) is 38.3 Å². The lowest BCUT2D eigenvalue weighted by molar-refractivity contribution is 0.490. The van der Waals surface area contributed by atoms with Crippen LogP contribution in [-0.4, -0.2) is 29.2 Å². The second-order valence-corrected chi connectivity index (χ2v) is 8.13. The van der Waals surface area contributed by atoms with Crippen molar-refractivity contribution in [3.63, 3.8) is 0 Å². The molecule has 0 radical (unpaired) electrons. The minimum Gasteiger partial charge on any atom is -0.443 e. The van der Waals surface area contributed by atoms with E-state index in [-0.39, 0.29) is 0 Å². The fourth-order valence-electron chi connectivity index (χ4n) is 2.29. The number of aliphatic imine (C=N–C) groups is 1. The number of aromatic nitrogens is 1. The van der Waals surface area contributed by atoms with Gasteiger partial charge in [0.05, 0.1) is 27.6 Å². The lowest BCUT2D eigenvalue weighted by Gasteiger charge is -2.11. The second kappa shape index (κ2) is 7.43. The van der Waals surface area contributed by atoms with Gasteiger partial charge in [0, 0.05) is 31.2 Å². The van der Waals surface area contributed by atoms with Gasteiger partial charge in [0.25, 0.3) is 0 Å². The van der Waals surface area contributed by atoms with E-state index in [9.17, 15) is 5.26 Å². The lowest BCUT2D eigenvalue weighted by Crippen LogP contribution is -2.14. The van der Waals surface area contributed by atoms with Crippen LogP contribution in [0, 0.1) is 18.3 Å². The Morgan fingerprint density at radius 2 is 2.23 bits per heavy atom. The monoisotopic (exact) mass is 408 g/mol. The molecular weight excluding hydrogens is 391 g/mol. The zero-order valence-corrected chi connectivity index (χ0v) is 17.0. The molecule has 1 aromatic carbocycles. The third kappa shape index (κ3) is 3.80. The summed E-state index contributed by atoms with van der Waals surface area (Å²) in [6.45, 7) is 4.80. The van der Waals surface area contributed by atoms with E-state index in [4.69, 9.17) is 27.9 Å². The van der Waals surface area contributed by atoms with Gasteiger partial charge in [-0.1, -0.05) is 11.6 Å². The molecule has 1 aromatic heterocycles. The molecular formula is C18H18Cl2N4OS. The van der Waals surface area contributed by atoms with Gasteiger partial charge in [-0.25, -0.2) is 4.99 Å². The number of hydrogen-bond acceptors (Lipinski definition) is 5. The summed E-state index contributed by atoms with van der Waals surface area (Å²) in [5.74, 6) is 0.573. The molecule has 0 spiro atoms. The molecule has 3 rings (SSSR count). The zero-order valence-electron chi connectivity index (χ0n) is 14.7. The van der Waals surface area contributed by atoms with E-state index in [1.54, 1.807) is 12.4 Å². The molecule has 5 nitrogen and oxygen atoms in total. The van der Waals surface area contributed by atoms with E-state index >= 15 is 0 Å². The molecule has 8 heteroatoms. The smallest absolute Gasteiger partial charge is 0.218 e. The Kier molecular flexibility index (Phi) is 5.42. The van der Waals surface area contributed by atoms with Crippen LogP contribution in [-0.2, 0) is 4.87 Å². The summed E-state index contributed by atoms with van der Waals surface area (Å²) in [7, 11) is 1.94. The molecule has 136 valence electrons. The Morgan fingerprint density at radius 1 is 1.50 bits per heavy atom. The summed E-state index contributed by atoms with van der Waals surface area (Å²) in [5.41, 5.74) is 2.56. The minimum atomic E-state index is -0.500. The molecule has 1 aliphatic carbocycles. The number of rotatable bonds is 6. The molecule has 0 unspecified atom stereocenters. The number of halogens is 2. The highest BCUT2D eigenvalue weighted by Crippen LogP contribution is 2.54. The molecule has 1 saturated carbocycles. The van der Waals surface area contributed by atoms with Crippen molar-refractivity contribution in [3.05, 3.63) is 34.0 Å². The summed E-state index contributed by atoms with van der Waals surface area (Å²) in [6.07, 6.45) is 3.40. The Balaban J connectivity index is 1.87. The summed E-state index contributed by atoms with van der Waals surface area (Å²) in [4.78, 5) is 5.85. The maximum absolute atomic E-state index is 9.50. The fraction of sp³-hybridized carbons (Fsp3) is 0.389. The first kappa shape index (κ1) is 19.0. The molecule has 0 atom stereocenters. The van der Waals surface area contributed by atoms with Crippen LogP contribution in [0.5, 0.6) is 10.8 Å². The Labute approximate surface area is 167 Å². The standard InChI is InChI=1S/C18H18Cl2N4OS/c1-4-24(3)10-22-14-7-11(2)15(8-13(14)19)25-17-12(9-21)16(23-26-17)18(20)5-6-18/h7-8,10H,4-6H2,1-3H3.